The van der Waals surface area contributed by atoms with Crippen LogP contribution in [-0.4, -0.2) is 64.1 Å². The number of ether oxygens (including phenoxy) is 4. The van der Waals surface area contributed by atoms with Crippen molar-refractivity contribution < 1.29 is 18.9 Å². The normalized spacial score (nSPS) is 11.1. The highest BCUT2D eigenvalue weighted by Crippen LogP contribution is 2.00. The molecule has 0 aromatic rings. The highest BCUT2D eigenvalue weighted by molar-refractivity contribution is 9.09. The van der Waals surface area contributed by atoms with Crippen LogP contribution in [0.5, 0.6) is 0 Å². The molecule has 4 nitrogen and oxygen atoms in total. The lowest BCUT2D eigenvalue weighted by Crippen LogP contribution is -2.12. The van der Waals surface area contributed by atoms with E-state index in [1.54, 1.807) is 0 Å². The Morgan fingerprint density at radius 3 is 1.50 bits per heavy atom. The van der Waals surface area contributed by atoms with Crippen molar-refractivity contribution in [3.05, 3.63) is 0 Å². The maximum absolute atomic E-state index is 5.60. The minimum Gasteiger partial charge on any atom is -0.379 e. The SMILES string of the molecule is ClCCCCCCOCCOCCOCCOCCBr. The summed E-state index contributed by atoms with van der Waals surface area (Å²) in [5.74, 6) is 0.763. The number of rotatable bonds is 17. The van der Waals surface area contributed by atoms with Crippen LogP contribution in [0, 0.1) is 0 Å². The zero-order valence-corrected chi connectivity index (χ0v) is 14.6. The van der Waals surface area contributed by atoms with E-state index in [0.29, 0.717) is 39.6 Å². The lowest BCUT2D eigenvalue weighted by Gasteiger charge is -2.07. The first-order chi connectivity index (χ1) is 9.91. The lowest BCUT2D eigenvalue weighted by molar-refractivity contribution is -0.000530. The summed E-state index contributed by atoms with van der Waals surface area (Å²) in [7, 11) is 0. The van der Waals surface area contributed by atoms with Gasteiger partial charge in [-0.05, 0) is 12.8 Å². The first kappa shape index (κ1) is 20.6. The number of unbranched alkanes of at least 4 members (excludes halogenated alkanes) is 3. The molecule has 0 aromatic carbocycles. The van der Waals surface area contributed by atoms with Gasteiger partial charge in [-0.15, -0.1) is 11.6 Å². The molecule has 0 bridgehead atoms. The molecule has 0 N–H and O–H groups in total. The summed E-state index contributed by atoms with van der Waals surface area (Å²) in [5.41, 5.74) is 0. The van der Waals surface area contributed by atoms with Crippen LogP contribution >= 0.6 is 27.5 Å². The molecule has 0 aliphatic heterocycles. The first-order valence-corrected chi connectivity index (χ1v) is 9.00. The monoisotopic (exact) mass is 374 g/mol. The van der Waals surface area contributed by atoms with Gasteiger partial charge in [0.25, 0.3) is 0 Å². The van der Waals surface area contributed by atoms with Crippen LogP contribution in [0.15, 0.2) is 0 Å². The maximum Gasteiger partial charge on any atom is 0.0701 e. The van der Waals surface area contributed by atoms with E-state index in [1.807, 2.05) is 0 Å². The zero-order valence-electron chi connectivity index (χ0n) is 12.3. The zero-order chi connectivity index (χ0) is 14.7. The van der Waals surface area contributed by atoms with Gasteiger partial charge in [0.1, 0.15) is 0 Å². The highest BCUT2D eigenvalue weighted by atomic mass is 79.9. The Hall–Kier alpha value is 0.610. The topological polar surface area (TPSA) is 36.9 Å². The third-order valence-electron chi connectivity index (χ3n) is 2.51. The summed E-state index contributed by atoms with van der Waals surface area (Å²) in [5, 5.41) is 0.864. The Labute approximate surface area is 136 Å². The van der Waals surface area contributed by atoms with Gasteiger partial charge in [0, 0.05) is 17.8 Å². The van der Waals surface area contributed by atoms with Crippen LogP contribution in [0.1, 0.15) is 25.7 Å². The number of halogens is 2. The van der Waals surface area contributed by atoms with E-state index in [-0.39, 0.29) is 0 Å². The molecule has 0 saturated heterocycles. The second kappa shape index (κ2) is 19.6. The van der Waals surface area contributed by atoms with E-state index in [1.165, 1.54) is 12.8 Å². The average Bonchev–Trinajstić information content (AvgIpc) is 2.47. The van der Waals surface area contributed by atoms with Crippen molar-refractivity contribution in [1.29, 1.82) is 0 Å². The Balaban J connectivity index is 2.89. The van der Waals surface area contributed by atoms with Gasteiger partial charge in [-0.25, -0.2) is 0 Å². The van der Waals surface area contributed by atoms with E-state index in [4.69, 9.17) is 30.5 Å². The third-order valence-corrected chi connectivity index (χ3v) is 3.10. The predicted octanol–water partition coefficient (Wildman–Crippen LogP) is 3.25. The summed E-state index contributed by atoms with van der Waals surface area (Å²) in [6.45, 7) is 5.30. The standard InChI is InChI=1S/C14H28BrClO4/c15-5-8-18-10-12-20-14-13-19-11-9-17-7-4-2-1-3-6-16/h1-14H2. The van der Waals surface area contributed by atoms with Crippen LogP contribution in [0.25, 0.3) is 0 Å². The fraction of sp³-hybridized carbons (Fsp3) is 1.00. The van der Waals surface area contributed by atoms with Crippen LogP contribution in [0.3, 0.4) is 0 Å². The van der Waals surface area contributed by atoms with Gasteiger partial charge >= 0.3 is 0 Å². The average molecular weight is 376 g/mol. The van der Waals surface area contributed by atoms with Gasteiger partial charge in [-0.3, -0.25) is 0 Å². The molecule has 0 heterocycles. The van der Waals surface area contributed by atoms with E-state index in [0.717, 1.165) is 37.3 Å². The molecule has 0 radical (unpaired) electrons. The molecule has 0 fully saturated rings. The fourth-order valence-corrected chi connectivity index (χ4v) is 1.89. The van der Waals surface area contributed by atoms with Crippen LogP contribution in [0.4, 0.5) is 0 Å². The van der Waals surface area contributed by atoms with E-state index < -0.39 is 0 Å². The second-order valence-corrected chi connectivity index (χ2v) is 5.41. The third kappa shape index (κ3) is 18.6. The molecular weight excluding hydrogens is 348 g/mol. The van der Waals surface area contributed by atoms with Crippen LogP contribution < -0.4 is 0 Å². The smallest absolute Gasteiger partial charge is 0.0701 e. The number of hydrogen-bond donors (Lipinski definition) is 0. The van der Waals surface area contributed by atoms with E-state index >= 15 is 0 Å². The van der Waals surface area contributed by atoms with Crippen molar-refractivity contribution in [2.75, 3.05) is 64.1 Å². The molecule has 0 aliphatic rings. The van der Waals surface area contributed by atoms with Gasteiger partial charge in [0.2, 0.25) is 0 Å². The van der Waals surface area contributed by atoms with Crippen molar-refractivity contribution >= 4 is 27.5 Å². The summed E-state index contributed by atoms with van der Waals surface area (Å²) >= 11 is 8.89. The molecule has 20 heavy (non-hydrogen) atoms. The predicted molar refractivity (Wildman–Crippen MR) is 86.3 cm³/mol. The summed E-state index contributed by atoms with van der Waals surface area (Å²) in [6, 6.07) is 0. The molecule has 0 amide bonds. The molecule has 0 spiro atoms. The quantitative estimate of drug-likeness (QED) is 0.289. The molecular formula is C14H28BrClO4. The summed E-state index contributed by atoms with van der Waals surface area (Å²) in [6.07, 6.45) is 4.60. The summed E-state index contributed by atoms with van der Waals surface area (Å²) < 4.78 is 21.4. The Kier molecular flexibility index (Phi) is 20.2. The van der Waals surface area contributed by atoms with Crippen molar-refractivity contribution in [3.8, 4) is 0 Å². The van der Waals surface area contributed by atoms with E-state index in [2.05, 4.69) is 15.9 Å². The fourth-order valence-electron chi connectivity index (χ4n) is 1.47. The van der Waals surface area contributed by atoms with Crippen LogP contribution in [0.2, 0.25) is 0 Å². The molecule has 0 rings (SSSR count). The molecule has 122 valence electrons. The van der Waals surface area contributed by atoms with E-state index in [9.17, 15) is 0 Å². The van der Waals surface area contributed by atoms with Gasteiger partial charge in [0.15, 0.2) is 0 Å². The molecule has 0 aliphatic carbocycles. The van der Waals surface area contributed by atoms with Crippen molar-refractivity contribution in [3.63, 3.8) is 0 Å². The summed E-state index contributed by atoms with van der Waals surface area (Å²) in [4.78, 5) is 0. The van der Waals surface area contributed by atoms with Gasteiger partial charge < -0.3 is 18.9 Å². The molecule has 0 atom stereocenters. The minimum absolute atomic E-state index is 0.607. The largest absolute Gasteiger partial charge is 0.379 e. The molecule has 6 heteroatoms. The van der Waals surface area contributed by atoms with Crippen LogP contribution in [-0.2, 0) is 18.9 Å². The van der Waals surface area contributed by atoms with Gasteiger partial charge in [-0.2, -0.15) is 0 Å². The number of alkyl halides is 2. The first-order valence-electron chi connectivity index (χ1n) is 7.34. The van der Waals surface area contributed by atoms with Gasteiger partial charge in [-0.1, -0.05) is 28.8 Å². The van der Waals surface area contributed by atoms with Crippen molar-refractivity contribution in [2.24, 2.45) is 0 Å². The van der Waals surface area contributed by atoms with Crippen molar-refractivity contribution in [1.82, 2.24) is 0 Å². The molecule has 0 aromatic heterocycles. The lowest BCUT2D eigenvalue weighted by atomic mass is 10.2. The maximum atomic E-state index is 5.60. The second-order valence-electron chi connectivity index (χ2n) is 4.24. The Morgan fingerprint density at radius 2 is 1.00 bits per heavy atom. The van der Waals surface area contributed by atoms with Gasteiger partial charge in [0.05, 0.1) is 46.2 Å². The highest BCUT2D eigenvalue weighted by Gasteiger charge is 1.93. The number of hydrogen-bond acceptors (Lipinski definition) is 4. The molecule has 0 unspecified atom stereocenters. The molecule has 0 saturated carbocycles. The Morgan fingerprint density at radius 1 is 0.550 bits per heavy atom. The Bertz CT molecular complexity index is 157. The van der Waals surface area contributed by atoms with Crippen molar-refractivity contribution in [2.45, 2.75) is 25.7 Å². The minimum atomic E-state index is 0.607.